The Morgan fingerprint density at radius 3 is 2.83 bits per heavy atom. The van der Waals surface area contributed by atoms with Gasteiger partial charge in [0.05, 0.1) is 0 Å². The monoisotopic (exact) mass is 252 g/mol. The summed E-state index contributed by atoms with van der Waals surface area (Å²) in [6.07, 6.45) is 1.63. The van der Waals surface area contributed by atoms with Gasteiger partial charge >= 0.3 is 0 Å². The van der Waals surface area contributed by atoms with Gasteiger partial charge in [0.15, 0.2) is 0 Å². The summed E-state index contributed by atoms with van der Waals surface area (Å²) in [5.74, 6) is 0. The van der Waals surface area contributed by atoms with Crippen molar-refractivity contribution in [2.24, 2.45) is 0 Å². The van der Waals surface area contributed by atoms with Gasteiger partial charge in [-0.05, 0) is 10.8 Å². The molecule has 2 aromatic heterocycles. The highest BCUT2D eigenvalue weighted by Gasteiger charge is 2.10. The van der Waals surface area contributed by atoms with Crippen molar-refractivity contribution >= 4 is 27.1 Å². The van der Waals surface area contributed by atoms with Crippen molar-refractivity contribution in [3.8, 4) is 10.6 Å². The fourth-order valence-corrected chi connectivity index (χ4v) is 2.94. The van der Waals surface area contributed by atoms with E-state index in [0.29, 0.717) is 0 Å². The largest absolute Gasteiger partial charge is 0.234 e. The zero-order valence-corrected chi connectivity index (χ0v) is 10.1. The second-order valence-corrected chi connectivity index (χ2v) is 4.95. The van der Waals surface area contributed by atoms with E-state index in [1.54, 1.807) is 22.2 Å². The van der Waals surface area contributed by atoms with Crippen LogP contribution in [0, 0.1) is 0 Å². The first-order chi connectivity index (χ1) is 8.92. The molecule has 0 bridgehead atoms. The van der Waals surface area contributed by atoms with E-state index in [2.05, 4.69) is 45.6 Å². The fraction of sp³-hybridized carbons (Fsp3) is 0. The van der Waals surface area contributed by atoms with Crippen LogP contribution in [0.5, 0.6) is 0 Å². The van der Waals surface area contributed by atoms with Crippen molar-refractivity contribution in [3.63, 3.8) is 0 Å². The maximum Gasteiger partial charge on any atom is 0.234 e. The molecule has 0 saturated heterocycles. The molecule has 0 saturated carbocycles. The second kappa shape index (κ2) is 3.61. The van der Waals surface area contributed by atoms with Gasteiger partial charge < -0.3 is 0 Å². The number of rotatable bonds is 1. The molecule has 0 aliphatic heterocycles. The quantitative estimate of drug-likeness (QED) is 0.523. The Labute approximate surface area is 107 Å². The molecule has 2 aromatic carbocycles. The number of aromatic nitrogens is 4. The maximum absolute atomic E-state index is 4.50. The third-order valence-electron chi connectivity index (χ3n) is 2.91. The molecular weight excluding hydrogens is 244 g/mol. The SMILES string of the molecule is c1ccc2c(-c3nn4cnnc4s3)cccc2c1. The normalized spacial score (nSPS) is 11.3. The molecule has 4 nitrogen and oxygen atoms in total. The molecule has 86 valence electrons. The average molecular weight is 252 g/mol. The molecule has 0 N–H and O–H groups in total. The number of nitrogens with zero attached hydrogens (tertiary/aromatic N) is 4. The molecule has 0 unspecified atom stereocenters. The van der Waals surface area contributed by atoms with E-state index in [1.807, 2.05) is 12.1 Å². The van der Waals surface area contributed by atoms with Crippen LogP contribution in [0.25, 0.3) is 26.3 Å². The van der Waals surface area contributed by atoms with E-state index in [0.717, 1.165) is 15.5 Å². The van der Waals surface area contributed by atoms with Crippen molar-refractivity contribution in [1.82, 2.24) is 19.8 Å². The molecule has 18 heavy (non-hydrogen) atoms. The standard InChI is InChI=1S/C13H8N4S/c1-2-6-10-9(4-1)5-3-7-11(10)12-16-17-8-14-15-13(17)18-12/h1-8H. The average Bonchev–Trinajstić information content (AvgIpc) is 2.99. The predicted octanol–water partition coefficient (Wildman–Crippen LogP) is 3.01. The Kier molecular flexibility index (Phi) is 1.95. The molecule has 0 atom stereocenters. The molecule has 0 aliphatic rings. The van der Waals surface area contributed by atoms with E-state index in [-0.39, 0.29) is 0 Å². The van der Waals surface area contributed by atoms with Crippen LogP contribution in [0.1, 0.15) is 0 Å². The molecular formula is C13H8N4S. The summed E-state index contributed by atoms with van der Waals surface area (Å²) >= 11 is 1.55. The van der Waals surface area contributed by atoms with Crippen LogP contribution >= 0.6 is 11.3 Å². The first kappa shape index (κ1) is 9.73. The van der Waals surface area contributed by atoms with E-state index < -0.39 is 0 Å². The highest BCUT2D eigenvalue weighted by atomic mass is 32.1. The molecule has 0 fully saturated rings. The van der Waals surface area contributed by atoms with Crippen molar-refractivity contribution < 1.29 is 0 Å². The van der Waals surface area contributed by atoms with Crippen LogP contribution in [-0.2, 0) is 0 Å². The van der Waals surface area contributed by atoms with Gasteiger partial charge in [0.1, 0.15) is 11.3 Å². The molecule has 4 aromatic rings. The summed E-state index contributed by atoms with van der Waals surface area (Å²) in [4.78, 5) is 0.818. The molecule has 2 heterocycles. The Hall–Kier alpha value is -2.27. The van der Waals surface area contributed by atoms with E-state index in [1.165, 1.54) is 10.8 Å². The van der Waals surface area contributed by atoms with Crippen LogP contribution in [0.15, 0.2) is 48.8 Å². The summed E-state index contributed by atoms with van der Waals surface area (Å²) in [5, 5.41) is 15.7. The van der Waals surface area contributed by atoms with Crippen LogP contribution in [0.2, 0.25) is 0 Å². The molecule has 0 radical (unpaired) electrons. The Morgan fingerprint density at radius 2 is 1.89 bits per heavy atom. The topological polar surface area (TPSA) is 43.1 Å². The van der Waals surface area contributed by atoms with Gasteiger partial charge in [0.25, 0.3) is 0 Å². The number of hydrogen-bond acceptors (Lipinski definition) is 4. The van der Waals surface area contributed by atoms with Crippen LogP contribution in [0.4, 0.5) is 0 Å². The molecule has 0 aliphatic carbocycles. The van der Waals surface area contributed by atoms with Crippen LogP contribution in [0.3, 0.4) is 0 Å². The van der Waals surface area contributed by atoms with Gasteiger partial charge in [0.2, 0.25) is 4.96 Å². The fourth-order valence-electron chi connectivity index (χ4n) is 2.08. The lowest BCUT2D eigenvalue weighted by atomic mass is 10.1. The van der Waals surface area contributed by atoms with Gasteiger partial charge in [-0.2, -0.15) is 9.61 Å². The van der Waals surface area contributed by atoms with Crippen molar-refractivity contribution in [2.45, 2.75) is 0 Å². The van der Waals surface area contributed by atoms with E-state index in [4.69, 9.17) is 0 Å². The smallest absolute Gasteiger partial charge is 0.190 e. The van der Waals surface area contributed by atoms with Gasteiger partial charge in [-0.25, -0.2) is 0 Å². The highest BCUT2D eigenvalue weighted by molar-refractivity contribution is 7.19. The summed E-state index contributed by atoms with van der Waals surface area (Å²) < 4.78 is 1.71. The minimum atomic E-state index is 0.818. The molecule has 5 heteroatoms. The highest BCUT2D eigenvalue weighted by Crippen LogP contribution is 2.31. The molecule has 0 amide bonds. The number of fused-ring (bicyclic) bond motifs is 2. The van der Waals surface area contributed by atoms with E-state index >= 15 is 0 Å². The summed E-state index contributed by atoms with van der Waals surface area (Å²) in [7, 11) is 0. The minimum Gasteiger partial charge on any atom is -0.190 e. The van der Waals surface area contributed by atoms with Gasteiger partial charge in [-0.15, -0.1) is 10.2 Å². The van der Waals surface area contributed by atoms with Gasteiger partial charge in [-0.3, -0.25) is 0 Å². The third kappa shape index (κ3) is 1.34. The number of benzene rings is 2. The molecule has 4 rings (SSSR count). The van der Waals surface area contributed by atoms with E-state index in [9.17, 15) is 0 Å². The summed E-state index contributed by atoms with van der Waals surface area (Å²) in [6.45, 7) is 0. The van der Waals surface area contributed by atoms with Gasteiger partial charge in [0, 0.05) is 5.56 Å². The molecule has 0 spiro atoms. The zero-order chi connectivity index (χ0) is 11.9. The Bertz CT molecular complexity index is 812. The number of hydrogen-bond donors (Lipinski definition) is 0. The Morgan fingerprint density at radius 1 is 1.00 bits per heavy atom. The lowest BCUT2D eigenvalue weighted by Crippen LogP contribution is -1.83. The third-order valence-corrected chi connectivity index (χ3v) is 3.85. The predicted molar refractivity (Wildman–Crippen MR) is 71.6 cm³/mol. The zero-order valence-electron chi connectivity index (χ0n) is 9.32. The first-order valence-electron chi connectivity index (χ1n) is 5.57. The first-order valence-corrected chi connectivity index (χ1v) is 6.38. The second-order valence-electron chi connectivity index (χ2n) is 3.99. The van der Waals surface area contributed by atoms with Crippen molar-refractivity contribution in [3.05, 3.63) is 48.8 Å². The van der Waals surface area contributed by atoms with Crippen molar-refractivity contribution in [1.29, 1.82) is 0 Å². The minimum absolute atomic E-state index is 0.818. The summed E-state index contributed by atoms with van der Waals surface area (Å²) in [5.41, 5.74) is 1.14. The summed E-state index contributed by atoms with van der Waals surface area (Å²) in [6, 6.07) is 14.6. The lowest BCUT2D eigenvalue weighted by molar-refractivity contribution is 0.960. The maximum atomic E-state index is 4.50. The Balaban J connectivity index is 2.04. The lowest BCUT2D eigenvalue weighted by Gasteiger charge is -2.02. The van der Waals surface area contributed by atoms with Crippen molar-refractivity contribution in [2.75, 3.05) is 0 Å². The van der Waals surface area contributed by atoms with Crippen LogP contribution in [-0.4, -0.2) is 19.8 Å². The van der Waals surface area contributed by atoms with Crippen LogP contribution < -0.4 is 0 Å². The van der Waals surface area contributed by atoms with Gasteiger partial charge in [-0.1, -0.05) is 53.8 Å².